The van der Waals surface area contributed by atoms with Crippen molar-refractivity contribution in [3.63, 3.8) is 0 Å². The minimum Gasteiger partial charge on any atom is -0.355 e. The Morgan fingerprint density at radius 2 is 1.95 bits per heavy atom. The molecule has 0 aliphatic carbocycles. The van der Waals surface area contributed by atoms with Crippen LogP contribution >= 0.6 is 11.6 Å². The lowest BCUT2D eigenvalue weighted by Crippen LogP contribution is -2.34. The molecule has 20 heavy (non-hydrogen) atoms. The third-order valence-corrected chi connectivity index (χ3v) is 3.69. The van der Waals surface area contributed by atoms with E-state index in [2.05, 4.69) is 21.8 Å². The van der Waals surface area contributed by atoms with Gasteiger partial charge in [-0.15, -0.1) is 0 Å². The summed E-state index contributed by atoms with van der Waals surface area (Å²) in [7, 11) is 3.91. The smallest absolute Gasteiger partial charge is 0.355 e. The van der Waals surface area contributed by atoms with Gasteiger partial charge in [-0.05, 0) is 20.0 Å². The average molecular weight is 309 g/mol. The van der Waals surface area contributed by atoms with Gasteiger partial charge in [0.2, 0.25) is 5.82 Å². The van der Waals surface area contributed by atoms with Crippen molar-refractivity contribution in [1.82, 2.24) is 14.9 Å². The summed E-state index contributed by atoms with van der Waals surface area (Å²) < 4.78 is 38.1. The molecule has 0 radical (unpaired) electrons. The van der Waals surface area contributed by atoms with Crippen LogP contribution in [0.25, 0.3) is 0 Å². The molecule has 0 amide bonds. The first kappa shape index (κ1) is 15.3. The minimum atomic E-state index is -4.59. The van der Waals surface area contributed by atoms with Gasteiger partial charge in [-0.1, -0.05) is 18.5 Å². The Labute approximate surface area is 120 Å². The summed E-state index contributed by atoms with van der Waals surface area (Å²) in [5, 5.41) is -0.191. The third-order valence-electron chi connectivity index (χ3n) is 3.49. The number of nitrogens with zero attached hydrogens (tertiary/aromatic N) is 4. The van der Waals surface area contributed by atoms with Gasteiger partial charge in [-0.2, -0.15) is 13.2 Å². The van der Waals surface area contributed by atoms with Crippen molar-refractivity contribution in [3.05, 3.63) is 17.0 Å². The molecule has 0 saturated carbocycles. The molecule has 4 nitrogen and oxygen atoms in total. The Hall–Kier alpha value is -1.08. The predicted molar refractivity (Wildman–Crippen MR) is 70.9 cm³/mol. The Kier molecular flexibility index (Phi) is 4.11. The van der Waals surface area contributed by atoms with Gasteiger partial charge < -0.3 is 9.80 Å². The van der Waals surface area contributed by atoms with Crippen molar-refractivity contribution in [2.24, 2.45) is 5.92 Å². The lowest BCUT2D eigenvalue weighted by molar-refractivity contribution is -0.144. The van der Waals surface area contributed by atoms with E-state index in [9.17, 15) is 13.2 Å². The van der Waals surface area contributed by atoms with Crippen molar-refractivity contribution in [2.45, 2.75) is 19.1 Å². The molecular formula is C12H16ClF3N4. The highest BCUT2D eigenvalue weighted by Gasteiger charge is 2.37. The second-order valence-corrected chi connectivity index (χ2v) is 5.67. The van der Waals surface area contributed by atoms with Crippen LogP contribution in [0.4, 0.5) is 19.0 Å². The lowest BCUT2D eigenvalue weighted by Gasteiger charge is -2.22. The topological polar surface area (TPSA) is 32.3 Å². The van der Waals surface area contributed by atoms with Crippen molar-refractivity contribution >= 4 is 17.4 Å². The fourth-order valence-electron chi connectivity index (χ4n) is 2.50. The van der Waals surface area contributed by atoms with Gasteiger partial charge in [0, 0.05) is 25.2 Å². The molecule has 1 aliphatic rings. The highest BCUT2D eigenvalue weighted by molar-refractivity contribution is 6.29. The maximum absolute atomic E-state index is 12.7. The molecule has 1 saturated heterocycles. The first-order valence-electron chi connectivity index (χ1n) is 6.21. The molecule has 1 aromatic rings. The van der Waals surface area contributed by atoms with Gasteiger partial charge >= 0.3 is 6.18 Å². The molecule has 0 bridgehead atoms. The SMILES string of the molecule is CC1CN(c2cc(Cl)nc(C(F)(F)F)n2)CC1N(C)C. The van der Waals surface area contributed by atoms with E-state index >= 15 is 0 Å². The quantitative estimate of drug-likeness (QED) is 0.786. The Bertz CT molecular complexity index is 492. The van der Waals surface area contributed by atoms with Gasteiger partial charge in [-0.25, -0.2) is 9.97 Å². The van der Waals surface area contributed by atoms with Crippen LogP contribution in [0, 0.1) is 5.92 Å². The van der Waals surface area contributed by atoms with E-state index in [4.69, 9.17) is 11.6 Å². The van der Waals surface area contributed by atoms with Gasteiger partial charge in [0.05, 0.1) is 0 Å². The highest BCUT2D eigenvalue weighted by Crippen LogP contribution is 2.31. The molecule has 1 aliphatic heterocycles. The molecule has 112 valence electrons. The van der Waals surface area contributed by atoms with E-state index in [1.165, 1.54) is 6.07 Å². The van der Waals surface area contributed by atoms with Gasteiger partial charge in [-0.3, -0.25) is 0 Å². The maximum atomic E-state index is 12.7. The number of anilines is 1. The van der Waals surface area contributed by atoms with Crippen LogP contribution in [0.1, 0.15) is 12.7 Å². The van der Waals surface area contributed by atoms with Crippen molar-refractivity contribution in [3.8, 4) is 0 Å². The molecule has 0 aromatic carbocycles. The summed E-state index contributed by atoms with van der Waals surface area (Å²) in [4.78, 5) is 10.7. The molecule has 8 heteroatoms. The van der Waals surface area contributed by atoms with Gasteiger partial charge in [0.25, 0.3) is 0 Å². The molecule has 1 aromatic heterocycles. The summed E-state index contributed by atoms with van der Waals surface area (Å²) in [6.07, 6.45) is -4.59. The van der Waals surface area contributed by atoms with E-state index in [1.54, 1.807) is 0 Å². The largest absolute Gasteiger partial charge is 0.451 e. The fourth-order valence-corrected chi connectivity index (χ4v) is 2.68. The molecule has 0 N–H and O–H groups in total. The number of likely N-dealkylation sites (N-methyl/N-ethyl adjacent to an activating group) is 1. The molecular weight excluding hydrogens is 293 g/mol. The van der Waals surface area contributed by atoms with Crippen molar-refractivity contribution in [1.29, 1.82) is 0 Å². The number of aromatic nitrogens is 2. The standard InChI is InChI=1S/C12H16ClF3N4/c1-7-5-20(6-8(7)19(2)3)10-4-9(13)17-11(18-10)12(14,15)16/h4,7-8H,5-6H2,1-3H3. The van der Waals surface area contributed by atoms with Crippen LogP contribution in [0.5, 0.6) is 0 Å². The van der Waals surface area contributed by atoms with Crippen LogP contribution < -0.4 is 4.90 Å². The fraction of sp³-hybridized carbons (Fsp3) is 0.667. The van der Waals surface area contributed by atoms with E-state index in [0.717, 1.165) is 0 Å². The monoisotopic (exact) mass is 308 g/mol. The van der Waals surface area contributed by atoms with E-state index < -0.39 is 12.0 Å². The summed E-state index contributed by atoms with van der Waals surface area (Å²) in [5.74, 6) is -0.623. The summed E-state index contributed by atoms with van der Waals surface area (Å²) in [5.41, 5.74) is 0. The number of hydrogen-bond acceptors (Lipinski definition) is 4. The number of hydrogen-bond donors (Lipinski definition) is 0. The number of halogens is 4. The molecule has 2 atom stereocenters. The summed E-state index contributed by atoms with van der Waals surface area (Å²) >= 11 is 5.68. The predicted octanol–water partition coefficient (Wildman–Crippen LogP) is 2.54. The third kappa shape index (κ3) is 3.15. The minimum absolute atomic E-state index is 0.191. The van der Waals surface area contributed by atoms with E-state index in [-0.39, 0.29) is 17.0 Å². The Morgan fingerprint density at radius 3 is 2.45 bits per heavy atom. The normalized spacial score (nSPS) is 23.7. The number of alkyl halides is 3. The first-order valence-corrected chi connectivity index (χ1v) is 6.59. The second kappa shape index (κ2) is 5.37. The molecule has 1 fully saturated rings. The number of rotatable bonds is 2. The van der Waals surface area contributed by atoms with Gasteiger partial charge in [0.15, 0.2) is 0 Å². The summed E-state index contributed by atoms with van der Waals surface area (Å²) in [6, 6.07) is 1.65. The van der Waals surface area contributed by atoms with Crippen LogP contribution in [0.3, 0.4) is 0 Å². The molecule has 2 heterocycles. The van der Waals surface area contributed by atoms with Crippen LogP contribution in [-0.4, -0.2) is 48.1 Å². The Morgan fingerprint density at radius 1 is 1.30 bits per heavy atom. The molecule has 0 spiro atoms. The van der Waals surface area contributed by atoms with Gasteiger partial charge in [0.1, 0.15) is 11.0 Å². The van der Waals surface area contributed by atoms with E-state index in [1.807, 2.05) is 19.0 Å². The zero-order valence-electron chi connectivity index (χ0n) is 11.4. The first-order chi connectivity index (χ1) is 9.18. The molecule has 2 unspecified atom stereocenters. The van der Waals surface area contributed by atoms with Crippen LogP contribution in [0.2, 0.25) is 5.15 Å². The lowest BCUT2D eigenvalue weighted by atomic mass is 10.1. The second-order valence-electron chi connectivity index (χ2n) is 5.28. The zero-order chi connectivity index (χ0) is 15.1. The zero-order valence-corrected chi connectivity index (χ0v) is 12.2. The van der Waals surface area contributed by atoms with Crippen LogP contribution in [-0.2, 0) is 6.18 Å². The van der Waals surface area contributed by atoms with E-state index in [0.29, 0.717) is 19.0 Å². The molecule has 2 rings (SSSR count). The van der Waals surface area contributed by atoms with Crippen molar-refractivity contribution in [2.75, 3.05) is 32.1 Å². The van der Waals surface area contributed by atoms with Crippen LogP contribution in [0.15, 0.2) is 6.07 Å². The summed E-state index contributed by atoms with van der Waals surface area (Å²) in [6.45, 7) is 3.34. The highest BCUT2D eigenvalue weighted by atomic mass is 35.5. The van der Waals surface area contributed by atoms with Crippen molar-refractivity contribution < 1.29 is 13.2 Å². The average Bonchev–Trinajstić information content (AvgIpc) is 2.69. The maximum Gasteiger partial charge on any atom is 0.451 e. The Balaban J connectivity index is 2.28.